The van der Waals surface area contributed by atoms with Gasteiger partial charge >= 0.3 is 0 Å². The van der Waals surface area contributed by atoms with Crippen molar-refractivity contribution in [3.8, 4) is 0 Å². The molecule has 0 heterocycles. The molecule has 0 atom stereocenters. The quantitative estimate of drug-likeness (QED) is 0.440. The molecule has 0 spiro atoms. The normalized spacial score (nSPS) is 10.6. The lowest BCUT2D eigenvalue weighted by Crippen LogP contribution is -1.98. The molecule has 0 aliphatic heterocycles. The van der Waals surface area contributed by atoms with Crippen LogP contribution in [0, 0.1) is 0 Å². The van der Waals surface area contributed by atoms with Crippen molar-refractivity contribution in [2.24, 2.45) is 0 Å². The van der Waals surface area contributed by atoms with Crippen LogP contribution in [0.15, 0.2) is 0 Å². The van der Waals surface area contributed by atoms with E-state index >= 15 is 0 Å². The first kappa shape index (κ1) is 17.3. The van der Waals surface area contributed by atoms with Gasteiger partial charge in [-0.15, -0.1) is 0 Å². The third-order valence-electron chi connectivity index (χ3n) is 3.36. The lowest BCUT2D eigenvalue weighted by atomic mass is 10.0. The van der Waals surface area contributed by atoms with E-state index in [2.05, 4.69) is 6.92 Å². The Balaban J connectivity index is 3.22. The van der Waals surface area contributed by atoms with Gasteiger partial charge in [-0.05, 0) is 19.3 Å². The molecular weight excluding hydrogens is 224 g/mol. The summed E-state index contributed by atoms with van der Waals surface area (Å²) in [6, 6.07) is 0. The molecule has 0 aromatic heterocycles. The number of hydrogen-bond donors (Lipinski definition) is 0. The number of rotatable bonds is 13. The molecule has 0 rings (SSSR count). The number of carbonyl (C=O) groups excluding carboxylic acids is 2. The summed E-state index contributed by atoms with van der Waals surface area (Å²) in [5.74, 6) is 0.790. The van der Waals surface area contributed by atoms with E-state index in [0.717, 1.165) is 51.4 Å². The van der Waals surface area contributed by atoms with E-state index in [1.807, 2.05) is 6.92 Å². The second-order valence-corrected chi connectivity index (χ2v) is 5.16. The first-order chi connectivity index (χ1) is 8.70. The fourth-order valence-electron chi connectivity index (χ4n) is 2.05. The largest absolute Gasteiger partial charge is 0.300 e. The maximum absolute atomic E-state index is 11.5. The van der Waals surface area contributed by atoms with E-state index < -0.39 is 0 Å². The molecule has 0 aromatic rings. The Morgan fingerprint density at radius 2 is 1.06 bits per heavy atom. The van der Waals surface area contributed by atoms with Gasteiger partial charge in [-0.25, -0.2) is 0 Å². The Kier molecular flexibility index (Phi) is 12.3. The second kappa shape index (κ2) is 12.8. The molecule has 2 heteroatoms. The summed E-state index contributed by atoms with van der Waals surface area (Å²) in [5, 5.41) is 0. The van der Waals surface area contributed by atoms with Crippen molar-refractivity contribution in [1.29, 1.82) is 0 Å². The maximum Gasteiger partial charge on any atom is 0.132 e. The molecule has 0 bridgehead atoms. The van der Waals surface area contributed by atoms with Crippen LogP contribution in [0.3, 0.4) is 0 Å². The molecule has 0 amide bonds. The third kappa shape index (κ3) is 11.8. The zero-order valence-corrected chi connectivity index (χ0v) is 12.3. The van der Waals surface area contributed by atoms with Crippen molar-refractivity contribution in [1.82, 2.24) is 0 Å². The van der Waals surface area contributed by atoms with Gasteiger partial charge in [0.2, 0.25) is 0 Å². The number of carbonyl (C=O) groups is 2. The van der Waals surface area contributed by atoms with Crippen LogP contribution in [0.1, 0.15) is 90.9 Å². The van der Waals surface area contributed by atoms with Crippen molar-refractivity contribution < 1.29 is 9.59 Å². The molecule has 0 aliphatic carbocycles. The van der Waals surface area contributed by atoms with Crippen LogP contribution in [0.4, 0.5) is 0 Å². The Morgan fingerprint density at radius 3 is 1.50 bits per heavy atom. The van der Waals surface area contributed by atoms with Gasteiger partial charge in [0.15, 0.2) is 0 Å². The standard InChI is InChI=1S/C16H30O2/c1-3-5-6-9-13-16(18)14-11-8-7-10-12-15(17)4-2/h3-14H2,1-2H3. The number of unbranched alkanes of at least 4 members (excludes halogenated alkanes) is 6. The van der Waals surface area contributed by atoms with Gasteiger partial charge in [0.25, 0.3) is 0 Å². The fourth-order valence-corrected chi connectivity index (χ4v) is 2.05. The van der Waals surface area contributed by atoms with Crippen LogP contribution >= 0.6 is 0 Å². The predicted octanol–water partition coefficient (Wildman–Crippen LogP) is 4.85. The van der Waals surface area contributed by atoms with Crippen LogP contribution < -0.4 is 0 Å². The van der Waals surface area contributed by atoms with E-state index in [4.69, 9.17) is 0 Å². The fraction of sp³-hybridized carbons (Fsp3) is 0.875. The van der Waals surface area contributed by atoms with Gasteiger partial charge in [-0.1, -0.05) is 46.0 Å². The van der Waals surface area contributed by atoms with Gasteiger partial charge in [-0.2, -0.15) is 0 Å². The van der Waals surface area contributed by atoms with Gasteiger partial charge in [0.1, 0.15) is 11.6 Å². The average molecular weight is 254 g/mol. The highest BCUT2D eigenvalue weighted by Gasteiger charge is 2.02. The second-order valence-electron chi connectivity index (χ2n) is 5.16. The Hall–Kier alpha value is -0.660. The van der Waals surface area contributed by atoms with Gasteiger partial charge in [-0.3, -0.25) is 9.59 Å². The van der Waals surface area contributed by atoms with E-state index in [0.29, 0.717) is 18.0 Å². The van der Waals surface area contributed by atoms with Crippen molar-refractivity contribution in [2.75, 3.05) is 0 Å². The van der Waals surface area contributed by atoms with Crippen molar-refractivity contribution in [2.45, 2.75) is 90.9 Å². The van der Waals surface area contributed by atoms with Crippen LogP contribution in [-0.2, 0) is 9.59 Å². The SMILES string of the molecule is CCCCCCC(=O)CCCCCCC(=O)CC. The molecule has 0 radical (unpaired) electrons. The Bertz CT molecular complexity index is 221. The van der Waals surface area contributed by atoms with Crippen molar-refractivity contribution in [3.63, 3.8) is 0 Å². The highest BCUT2D eigenvalue weighted by molar-refractivity contribution is 5.78. The van der Waals surface area contributed by atoms with Gasteiger partial charge in [0, 0.05) is 25.7 Å². The van der Waals surface area contributed by atoms with E-state index in [9.17, 15) is 9.59 Å². The Labute approximate surface area is 113 Å². The highest BCUT2D eigenvalue weighted by Crippen LogP contribution is 2.10. The number of hydrogen-bond acceptors (Lipinski definition) is 2. The van der Waals surface area contributed by atoms with Crippen LogP contribution in [0.25, 0.3) is 0 Å². The molecule has 0 aliphatic rings. The minimum Gasteiger partial charge on any atom is -0.300 e. The number of Topliss-reactive ketones (excluding diaryl/α,β-unsaturated/α-hetero) is 2. The lowest BCUT2D eigenvalue weighted by Gasteiger charge is -2.02. The highest BCUT2D eigenvalue weighted by atomic mass is 16.1. The molecule has 2 nitrogen and oxygen atoms in total. The minimum absolute atomic E-state index is 0.363. The predicted molar refractivity (Wildman–Crippen MR) is 76.8 cm³/mol. The molecule has 106 valence electrons. The molecule has 0 N–H and O–H groups in total. The van der Waals surface area contributed by atoms with Crippen molar-refractivity contribution in [3.05, 3.63) is 0 Å². The molecule has 0 unspecified atom stereocenters. The number of ketones is 2. The molecular formula is C16H30O2. The molecule has 0 saturated heterocycles. The van der Waals surface area contributed by atoms with E-state index in [-0.39, 0.29) is 0 Å². The summed E-state index contributed by atoms with van der Waals surface area (Å²) in [5.41, 5.74) is 0. The summed E-state index contributed by atoms with van der Waals surface area (Å²) in [6.07, 6.45) is 11.8. The van der Waals surface area contributed by atoms with Crippen molar-refractivity contribution >= 4 is 11.6 Å². The lowest BCUT2D eigenvalue weighted by molar-refractivity contribution is -0.120. The van der Waals surface area contributed by atoms with Crippen LogP contribution in [-0.4, -0.2) is 11.6 Å². The first-order valence-corrected chi connectivity index (χ1v) is 7.74. The zero-order valence-electron chi connectivity index (χ0n) is 12.3. The first-order valence-electron chi connectivity index (χ1n) is 7.74. The summed E-state index contributed by atoms with van der Waals surface area (Å²) in [4.78, 5) is 22.6. The van der Waals surface area contributed by atoms with Gasteiger partial charge in [0.05, 0.1) is 0 Å². The molecule has 0 fully saturated rings. The van der Waals surface area contributed by atoms with Crippen LogP contribution in [0.5, 0.6) is 0 Å². The molecule has 0 aromatic carbocycles. The summed E-state index contributed by atoms with van der Waals surface area (Å²) < 4.78 is 0. The summed E-state index contributed by atoms with van der Waals surface area (Å²) in [6.45, 7) is 4.10. The summed E-state index contributed by atoms with van der Waals surface area (Å²) >= 11 is 0. The Morgan fingerprint density at radius 1 is 0.611 bits per heavy atom. The average Bonchev–Trinajstić information content (AvgIpc) is 2.38. The smallest absolute Gasteiger partial charge is 0.132 e. The monoisotopic (exact) mass is 254 g/mol. The molecule has 18 heavy (non-hydrogen) atoms. The van der Waals surface area contributed by atoms with E-state index in [1.165, 1.54) is 19.3 Å². The zero-order chi connectivity index (χ0) is 13.6. The van der Waals surface area contributed by atoms with E-state index in [1.54, 1.807) is 0 Å². The summed E-state index contributed by atoms with van der Waals surface area (Å²) in [7, 11) is 0. The minimum atomic E-state index is 0.363. The topological polar surface area (TPSA) is 34.1 Å². The maximum atomic E-state index is 11.5. The molecule has 0 saturated carbocycles. The third-order valence-corrected chi connectivity index (χ3v) is 3.36. The van der Waals surface area contributed by atoms with Gasteiger partial charge < -0.3 is 0 Å². The van der Waals surface area contributed by atoms with Crippen LogP contribution in [0.2, 0.25) is 0 Å².